The smallest absolute Gasteiger partial charge is 0.229 e. The normalized spacial score (nSPS) is 17.0. The summed E-state index contributed by atoms with van der Waals surface area (Å²) in [6, 6.07) is 14.9. The Bertz CT molecular complexity index is 822. The minimum Gasteiger partial charge on any atom is -0.325 e. The van der Waals surface area contributed by atoms with Crippen molar-refractivity contribution in [2.75, 3.05) is 30.9 Å². The molecule has 1 atom stereocenters. The molecule has 2 aromatic carbocycles. The van der Waals surface area contributed by atoms with Crippen LogP contribution in [0.2, 0.25) is 5.02 Å². The van der Waals surface area contributed by atoms with Gasteiger partial charge in [-0.15, -0.1) is 0 Å². The average Bonchev–Trinajstić information content (AvgIpc) is 2.98. The van der Waals surface area contributed by atoms with Crippen LogP contribution >= 0.6 is 11.6 Å². The van der Waals surface area contributed by atoms with Crippen LogP contribution in [0.25, 0.3) is 0 Å². The summed E-state index contributed by atoms with van der Waals surface area (Å²) < 4.78 is 0. The van der Waals surface area contributed by atoms with Crippen LogP contribution in [0, 0.1) is 5.92 Å². The van der Waals surface area contributed by atoms with Gasteiger partial charge >= 0.3 is 0 Å². The van der Waals surface area contributed by atoms with Crippen molar-refractivity contribution >= 4 is 34.8 Å². The molecule has 0 saturated carbocycles. The second-order valence-corrected chi connectivity index (χ2v) is 7.21. The maximum atomic E-state index is 12.7. The van der Waals surface area contributed by atoms with Crippen LogP contribution in [0.1, 0.15) is 12.0 Å². The lowest BCUT2D eigenvalue weighted by atomic mass is 10.1. The van der Waals surface area contributed by atoms with Crippen molar-refractivity contribution in [3.05, 3.63) is 59.1 Å². The summed E-state index contributed by atoms with van der Waals surface area (Å²) in [6.45, 7) is 1.09. The van der Waals surface area contributed by atoms with Gasteiger partial charge in [0.25, 0.3) is 0 Å². The van der Waals surface area contributed by atoms with E-state index in [1.54, 1.807) is 23.1 Å². The molecule has 0 radical (unpaired) electrons. The van der Waals surface area contributed by atoms with E-state index in [-0.39, 0.29) is 24.2 Å². The Morgan fingerprint density at radius 2 is 2.00 bits per heavy atom. The van der Waals surface area contributed by atoms with Crippen LogP contribution in [0.15, 0.2) is 48.5 Å². The summed E-state index contributed by atoms with van der Waals surface area (Å²) in [5.74, 6) is -0.572. The lowest BCUT2D eigenvalue weighted by Crippen LogP contribution is -2.28. The molecule has 1 N–H and O–H groups in total. The average molecular weight is 372 g/mol. The van der Waals surface area contributed by atoms with Gasteiger partial charge in [-0.3, -0.25) is 9.59 Å². The molecule has 0 aromatic heterocycles. The second-order valence-electron chi connectivity index (χ2n) is 6.77. The van der Waals surface area contributed by atoms with E-state index >= 15 is 0 Å². The number of carbonyl (C=O) groups is 2. The van der Waals surface area contributed by atoms with Crippen molar-refractivity contribution < 1.29 is 9.59 Å². The molecule has 6 heteroatoms. The highest BCUT2D eigenvalue weighted by molar-refractivity contribution is 6.31. The highest BCUT2D eigenvalue weighted by Crippen LogP contribution is 2.28. The van der Waals surface area contributed by atoms with Crippen molar-refractivity contribution in [2.24, 2.45) is 5.92 Å². The van der Waals surface area contributed by atoms with E-state index in [1.807, 2.05) is 49.3 Å². The summed E-state index contributed by atoms with van der Waals surface area (Å²) in [5.41, 5.74) is 2.56. The topological polar surface area (TPSA) is 52.7 Å². The third kappa shape index (κ3) is 4.23. The molecule has 1 heterocycles. The summed E-state index contributed by atoms with van der Waals surface area (Å²) in [6.07, 6.45) is 0.203. The molecular weight excluding hydrogens is 350 g/mol. The van der Waals surface area contributed by atoms with Crippen molar-refractivity contribution in [3.63, 3.8) is 0 Å². The van der Waals surface area contributed by atoms with Gasteiger partial charge in [0, 0.05) is 35.9 Å². The number of halogens is 1. The van der Waals surface area contributed by atoms with Gasteiger partial charge < -0.3 is 15.1 Å². The molecule has 3 rings (SSSR count). The van der Waals surface area contributed by atoms with Crippen LogP contribution in [0.5, 0.6) is 0 Å². The quantitative estimate of drug-likeness (QED) is 0.876. The molecule has 1 saturated heterocycles. The number of hydrogen-bond donors (Lipinski definition) is 1. The van der Waals surface area contributed by atoms with Crippen molar-refractivity contribution in [1.29, 1.82) is 0 Å². The third-order valence-electron chi connectivity index (χ3n) is 4.38. The van der Waals surface area contributed by atoms with Gasteiger partial charge in [0.1, 0.15) is 0 Å². The SMILES string of the molecule is CN(C)Cc1ccccc1NC(=O)C1CC(=O)N(c2cccc(Cl)c2)C1. The van der Waals surface area contributed by atoms with E-state index in [9.17, 15) is 9.59 Å². The van der Waals surface area contributed by atoms with Crippen LogP contribution < -0.4 is 10.2 Å². The summed E-state index contributed by atoms with van der Waals surface area (Å²) >= 11 is 6.01. The lowest BCUT2D eigenvalue weighted by Gasteiger charge is -2.18. The Kier molecular flexibility index (Phi) is 5.59. The largest absolute Gasteiger partial charge is 0.325 e. The minimum absolute atomic E-state index is 0.0611. The Morgan fingerprint density at radius 3 is 2.73 bits per heavy atom. The first kappa shape index (κ1) is 18.4. The van der Waals surface area contributed by atoms with Crippen LogP contribution in [-0.4, -0.2) is 37.4 Å². The highest BCUT2D eigenvalue weighted by Gasteiger charge is 2.35. The maximum Gasteiger partial charge on any atom is 0.229 e. The first-order valence-electron chi connectivity index (χ1n) is 8.53. The van der Waals surface area contributed by atoms with Crippen LogP contribution in [-0.2, 0) is 16.1 Å². The predicted molar refractivity (Wildman–Crippen MR) is 104 cm³/mol. The molecule has 1 aliphatic rings. The Morgan fingerprint density at radius 1 is 1.23 bits per heavy atom. The number of amides is 2. The van der Waals surface area contributed by atoms with Crippen molar-refractivity contribution in [3.8, 4) is 0 Å². The highest BCUT2D eigenvalue weighted by atomic mass is 35.5. The fraction of sp³-hybridized carbons (Fsp3) is 0.300. The maximum absolute atomic E-state index is 12.7. The van der Waals surface area contributed by atoms with E-state index in [0.717, 1.165) is 23.5 Å². The van der Waals surface area contributed by atoms with Crippen LogP contribution in [0.3, 0.4) is 0 Å². The molecule has 2 amide bonds. The standard InChI is InChI=1S/C20H22ClN3O2/c1-23(2)12-14-6-3-4-9-18(14)22-20(26)15-10-19(25)24(13-15)17-8-5-7-16(21)11-17/h3-9,11,15H,10,12-13H2,1-2H3,(H,22,26). The zero-order valence-corrected chi connectivity index (χ0v) is 15.7. The number of hydrogen-bond acceptors (Lipinski definition) is 3. The second kappa shape index (κ2) is 7.89. The third-order valence-corrected chi connectivity index (χ3v) is 4.61. The zero-order chi connectivity index (χ0) is 18.7. The summed E-state index contributed by atoms with van der Waals surface area (Å²) in [4.78, 5) is 28.7. The Labute approximate surface area is 158 Å². The first-order valence-corrected chi connectivity index (χ1v) is 8.91. The van der Waals surface area contributed by atoms with E-state index in [1.165, 1.54) is 0 Å². The van der Waals surface area contributed by atoms with Gasteiger partial charge in [-0.2, -0.15) is 0 Å². The fourth-order valence-electron chi connectivity index (χ4n) is 3.13. The van der Waals surface area contributed by atoms with E-state index in [0.29, 0.717) is 11.6 Å². The molecule has 1 fully saturated rings. The number of rotatable bonds is 5. The molecular formula is C20H22ClN3O2. The van der Waals surface area contributed by atoms with Gasteiger partial charge in [0.15, 0.2) is 0 Å². The molecule has 5 nitrogen and oxygen atoms in total. The molecule has 0 bridgehead atoms. The summed E-state index contributed by atoms with van der Waals surface area (Å²) in [5, 5.41) is 3.56. The molecule has 1 unspecified atom stereocenters. The molecule has 0 spiro atoms. The molecule has 26 heavy (non-hydrogen) atoms. The lowest BCUT2D eigenvalue weighted by molar-refractivity contribution is -0.122. The van der Waals surface area contributed by atoms with Crippen molar-refractivity contribution in [2.45, 2.75) is 13.0 Å². The Hall–Kier alpha value is -2.37. The van der Waals surface area contributed by atoms with Crippen molar-refractivity contribution in [1.82, 2.24) is 4.90 Å². The number of carbonyl (C=O) groups excluding carboxylic acids is 2. The summed E-state index contributed by atoms with van der Waals surface area (Å²) in [7, 11) is 3.97. The molecule has 0 aliphatic carbocycles. The minimum atomic E-state index is -0.381. The van der Waals surface area contributed by atoms with Gasteiger partial charge in [0.05, 0.1) is 5.92 Å². The van der Waals surface area contributed by atoms with E-state index in [4.69, 9.17) is 11.6 Å². The number of nitrogens with zero attached hydrogens (tertiary/aromatic N) is 2. The van der Waals surface area contributed by atoms with E-state index < -0.39 is 0 Å². The van der Waals surface area contributed by atoms with Gasteiger partial charge in [-0.1, -0.05) is 35.9 Å². The van der Waals surface area contributed by atoms with Gasteiger partial charge in [0.2, 0.25) is 11.8 Å². The molecule has 1 aliphatic heterocycles. The number of anilines is 2. The zero-order valence-electron chi connectivity index (χ0n) is 14.9. The Balaban J connectivity index is 1.71. The number of benzene rings is 2. The number of nitrogens with one attached hydrogen (secondary N) is 1. The molecule has 2 aromatic rings. The van der Waals surface area contributed by atoms with Gasteiger partial charge in [-0.25, -0.2) is 0 Å². The monoisotopic (exact) mass is 371 g/mol. The van der Waals surface area contributed by atoms with E-state index in [2.05, 4.69) is 5.32 Å². The predicted octanol–water partition coefficient (Wildman–Crippen LogP) is 3.39. The van der Waals surface area contributed by atoms with Gasteiger partial charge in [-0.05, 0) is 43.9 Å². The number of para-hydroxylation sites is 1. The fourth-order valence-corrected chi connectivity index (χ4v) is 3.32. The van der Waals surface area contributed by atoms with Crippen LogP contribution in [0.4, 0.5) is 11.4 Å². The first-order chi connectivity index (χ1) is 12.4. The molecule has 136 valence electrons.